The maximum absolute atomic E-state index is 12.9. The molecule has 0 spiro atoms. The lowest BCUT2D eigenvalue weighted by atomic mass is 10.0. The predicted octanol–water partition coefficient (Wildman–Crippen LogP) is 3.92. The Bertz CT molecular complexity index is 986. The smallest absolute Gasteiger partial charge is 0.335 e. The van der Waals surface area contributed by atoms with Crippen molar-refractivity contribution >= 4 is 11.7 Å². The van der Waals surface area contributed by atoms with Crippen LogP contribution in [0.25, 0.3) is 0 Å². The molecule has 0 aliphatic rings. The highest BCUT2D eigenvalue weighted by Crippen LogP contribution is 2.16. The van der Waals surface area contributed by atoms with Crippen molar-refractivity contribution in [3.63, 3.8) is 0 Å². The SMILES string of the molecule is O=C(O)c1ccnc(/C(Cc2ccc(OCc3ccc(F)cc3)cc2)=N/O)c1. The quantitative estimate of drug-likeness (QED) is 0.368. The Balaban J connectivity index is 1.65. The summed E-state index contributed by atoms with van der Waals surface area (Å²) in [6, 6.07) is 16.0. The largest absolute Gasteiger partial charge is 0.489 e. The van der Waals surface area contributed by atoms with Gasteiger partial charge in [-0.2, -0.15) is 0 Å². The Hall–Kier alpha value is -3.74. The third kappa shape index (κ3) is 4.91. The van der Waals surface area contributed by atoms with E-state index in [2.05, 4.69) is 10.1 Å². The third-order valence-electron chi connectivity index (χ3n) is 4.04. The van der Waals surface area contributed by atoms with Crippen LogP contribution in [-0.4, -0.2) is 27.0 Å². The number of carboxylic acid groups (broad SMARTS) is 1. The maximum Gasteiger partial charge on any atom is 0.335 e. The maximum atomic E-state index is 12.9. The van der Waals surface area contributed by atoms with Gasteiger partial charge in [-0.15, -0.1) is 0 Å². The molecule has 28 heavy (non-hydrogen) atoms. The summed E-state index contributed by atoms with van der Waals surface area (Å²) in [4.78, 5) is 15.1. The van der Waals surface area contributed by atoms with Gasteiger partial charge in [0.15, 0.2) is 0 Å². The van der Waals surface area contributed by atoms with Crippen LogP contribution in [0.4, 0.5) is 4.39 Å². The molecule has 0 bridgehead atoms. The van der Waals surface area contributed by atoms with Crippen molar-refractivity contribution in [1.82, 2.24) is 4.98 Å². The molecule has 2 N–H and O–H groups in total. The highest BCUT2D eigenvalue weighted by Gasteiger charge is 2.11. The summed E-state index contributed by atoms with van der Waals surface area (Å²) in [7, 11) is 0. The molecular formula is C21H17FN2O4. The van der Waals surface area contributed by atoms with Crippen molar-refractivity contribution in [2.45, 2.75) is 13.0 Å². The first-order valence-corrected chi connectivity index (χ1v) is 8.42. The summed E-state index contributed by atoms with van der Waals surface area (Å²) in [6.45, 7) is 0.314. The van der Waals surface area contributed by atoms with Crippen LogP contribution < -0.4 is 4.74 Å². The van der Waals surface area contributed by atoms with Crippen molar-refractivity contribution in [2.75, 3.05) is 0 Å². The van der Waals surface area contributed by atoms with E-state index in [1.54, 1.807) is 24.3 Å². The number of pyridine rings is 1. The molecule has 0 saturated heterocycles. The molecule has 6 nitrogen and oxygen atoms in total. The Morgan fingerprint density at radius 2 is 1.71 bits per heavy atom. The molecule has 0 saturated carbocycles. The predicted molar refractivity (Wildman–Crippen MR) is 100 cm³/mol. The minimum absolute atomic E-state index is 0.0655. The van der Waals surface area contributed by atoms with Crippen molar-refractivity contribution in [3.05, 3.63) is 95.1 Å². The molecule has 1 heterocycles. The summed E-state index contributed by atoms with van der Waals surface area (Å²) >= 11 is 0. The molecule has 0 amide bonds. The highest BCUT2D eigenvalue weighted by molar-refractivity contribution is 6.01. The molecule has 0 aliphatic heterocycles. The summed E-state index contributed by atoms with van der Waals surface area (Å²) in [5.41, 5.74) is 2.30. The van der Waals surface area contributed by atoms with Gasteiger partial charge >= 0.3 is 5.97 Å². The fourth-order valence-corrected chi connectivity index (χ4v) is 2.54. The molecule has 2 aromatic carbocycles. The molecule has 142 valence electrons. The van der Waals surface area contributed by atoms with Gasteiger partial charge < -0.3 is 15.1 Å². The van der Waals surface area contributed by atoms with E-state index < -0.39 is 5.97 Å². The average Bonchev–Trinajstić information content (AvgIpc) is 2.72. The second kappa shape index (κ2) is 8.77. The number of benzene rings is 2. The second-order valence-electron chi connectivity index (χ2n) is 6.02. The van der Waals surface area contributed by atoms with Gasteiger partial charge in [-0.3, -0.25) is 4.98 Å². The van der Waals surface area contributed by atoms with E-state index in [0.717, 1.165) is 11.1 Å². The fraction of sp³-hybridized carbons (Fsp3) is 0.0952. The van der Waals surface area contributed by atoms with E-state index in [-0.39, 0.29) is 23.5 Å². The normalized spacial score (nSPS) is 11.2. The fourth-order valence-electron chi connectivity index (χ4n) is 2.54. The molecule has 1 aromatic heterocycles. The number of halogens is 1. The number of hydrogen-bond donors (Lipinski definition) is 2. The monoisotopic (exact) mass is 380 g/mol. The first-order valence-electron chi connectivity index (χ1n) is 8.42. The molecule has 0 unspecified atom stereocenters. The van der Waals surface area contributed by atoms with E-state index in [9.17, 15) is 14.4 Å². The van der Waals surface area contributed by atoms with Crippen LogP contribution in [0.2, 0.25) is 0 Å². The van der Waals surface area contributed by atoms with Crippen LogP contribution in [0, 0.1) is 5.82 Å². The van der Waals surface area contributed by atoms with Crippen molar-refractivity contribution < 1.29 is 24.2 Å². The standard InChI is InChI=1S/C21H17FN2O4/c22-17-5-1-15(2-6-17)13-28-18-7-3-14(4-8-18)11-20(24-27)19-12-16(21(25)26)9-10-23-19/h1-10,12,27H,11,13H2,(H,25,26)/b24-20+. The molecule has 0 radical (unpaired) electrons. The van der Waals surface area contributed by atoms with E-state index in [1.165, 1.54) is 30.5 Å². The highest BCUT2D eigenvalue weighted by atomic mass is 19.1. The number of aromatic carboxylic acids is 1. The van der Waals surface area contributed by atoms with Crippen LogP contribution in [0.5, 0.6) is 5.75 Å². The van der Waals surface area contributed by atoms with Crippen LogP contribution in [-0.2, 0) is 13.0 Å². The summed E-state index contributed by atoms with van der Waals surface area (Å²) in [5, 5.41) is 21.6. The van der Waals surface area contributed by atoms with Crippen molar-refractivity contribution in [1.29, 1.82) is 0 Å². The molecule has 3 aromatic rings. The molecule has 0 atom stereocenters. The van der Waals surface area contributed by atoms with E-state index in [1.807, 2.05) is 12.1 Å². The number of carbonyl (C=O) groups is 1. The van der Waals surface area contributed by atoms with Crippen LogP contribution in [0.15, 0.2) is 72.0 Å². The van der Waals surface area contributed by atoms with Gasteiger partial charge in [0.05, 0.1) is 11.3 Å². The van der Waals surface area contributed by atoms with Gasteiger partial charge in [0.1, 0.15) is 23.9 Å². The minimum Gasteiger partial charge on any atom is -0.489 e. The zero-order valence-corrected chi connectivity index (χ0v) is 14.7. The number of ether oxygens (including phenoxy) is 1. The Morgan fingerprint density at radius 3 is 2.36 bits per heavy atom. The minimum atomic E-state index is -1.08. The second-order valence-corrected chi connectivity index (χ2v) is 6.02. The lowest BCUT2D eigenvalue weighted by Crippen LogP contribution is -2.09. The summed E-state index contributed by atoms with van der Waals surface area (Å²) in [5.74, 6) is -0.733. The molecule has 7 heteroatoms. The average molecular weight is 380 g/mol. The van der Waals surface area contributed by atoms with Crippen LogP contribution in [0.1, 0.15) is 27.2 Å². The lowest BCUT2D eigenvalue weighted by molar-refractivity contribution is 0.0696. The Labute approximate surface area is 160 Å². The lowest BCUT2D eigenvalue weighted by Gasteiger charge is -2.08. The van der Waals surface area contributed by atoms with E-state index in [0.29, 0.717) is 18.1 Å². The molecule has 3 rings (SSSR count). The first kappa shape index (κ1) is 19.0. The number of rotatable bonds is 7. The van der Waals surface area contributed by atoms with Crippen molar-refractivity contribution in [3.8, 4) is 5.75 Å². The first-order chi connectivity index (χ1) is 13.5. The third-order valence-corrected chi connectivity index (χ3v) is 4.04. The van der Waals surface area contributed by atoms with E-state index in [4.69, 9.17) is 9.84 Å². The molecule has 0 aliphatic carbocycles. The summed E-state index contributed by atoms with van der Waals surface area (Å²) < 4.78 is 18.6. The number of aromatic nitrogens is 1. The van der Waals surface area contributed by atoms with Gasteiger partial charge in [-0.1, -0.05) is 29.4 Å². The Kier molecular flexibility index (Phi) is 5.96. The zero-order valence-electron chi connectivity index (χ0n) is 14.7. The van der Waals surface area contributed by atoms with E-state index >= 15 is 0 Å². The van der Waals surface area contributed by atoms with Gasteiger partial charge in [-0.25, -0.2) is 9.18 Å². The topological polar surface area (TPSA) is 92.0 Å². The van der Waals surface area contributed by atoms with Crippen molar-refractivity contribution in [2.24, 2.45) is 5.16 Å². The number of carboxylic acids is 1. The number of oxime groups is 1. The summed E-state index contributed by atoms with van der Waals surface area (Å²) in [6.07, 6.45) is 1.63. The van der Waals surface area contributed by atoms with Crippen LogP contribution >= 0.6 is 0 Å². The Morgan fingerprint density at radius 1 is 1.04 bits per heavy atom. The zero-order chi connectivity index (χ0) is 19.9. The molecular weight excluding hydrogens is 363 g/mol. The van der Waals surface area contributed by atoms with Gasteiger partial charge in [0.2, 0.25) is 0 Å². The number of nitrogens with zero attached hydrogens (tertiary/aromatic N) is 2. The molecule has 0 fully saturated rings. The van der Waals surface area contributed by atoms with Crippen LogP contribution in [0.3, 0.4) is 0 Å². The van der Waals surface area contributed by atoms with Gasteiger partial charge in [-0.05, 0) is 47.5 Å². The van der Waals surface area contributed by atoms with Gasteiger partial charge in [0, 0.05) is 12.6 Å². The number of hydrogen-bond acceptors (Lipinski definition) is 5. The van der Waals surface area contributed by atoms with Gasteiger partial charge in [0.25, 0.3) is 0 Å².